The number of aryl methyl sites for hydroxylation is 3. The van der Waals surface area contributed by atoms with Gasteiger partial charge in [0.05, 0.1) is 30.9 Å². The van der Waals surface area contributed by atoms with Crippen LogP contribution in [-0.4, -0.2) is 30.1 Å². The molecule has 0 spiro atoms. The first-order valence-electron chi connectivity index (χ1n) is 8.32. The fourth-order valence-corrected chi connectivity index (χ4v) is 2.85. The van der Waals surface area contributed by atoms with E-state index in [1.807, 2.05) is 32.9 Å². The van der Waals surface area contributed by atoms with Crippen molar-refractivity contribution in [2.45, 2.75) is 20.8 Å². The number of anilines is 1. The molecule has 2 aromatic carbocycles. The number of nitrogens with zero attached hydrogens (tertiary/aromatic N) is 2. The fourth-order valence-electron chi connectivity index (χ4n) is 2.70. The molecule has 1 amide bonds. The summed E-state index contributed by atoms with van der Waals surface area (Å²) >= 11 is 6.12. The Kier molecular flexibility index (Phi) is 5.19. The number of rotatable bonds is 4. The van der Waals surface area contributed by atoms with Gasteiger partial charge in [-0.15, -0.1) is 0 Å². The molecule has 0 fully saturated rings. The van der Waals surface area contributed by atoms with Gasteiger partial charge in [0.2, 0.25) is 5.88 Å². The Bertz CT molecular complexity index is 1050. The highest BCUT2D eigenvalue weighted by Crippen LogP contribution is 2.32. The molecule has 0 radical (unpaired) electrons. The first kappa shape index (κ1) is 18.9. The van der Waals surface area contributed by atoms with Crippen molar-refractivity contribution in [3.05, 3.63) is 51.7 Å². The third kappa shape index (κ3) is 3.66. The fraction of sp³-hybridized carbons (Fsp3) is 0.250. The summed E-state index contributed by atoms with van der Waals surface area (Å²) in [5, 5.41) is 3.36. The zero-order valence-corrected chi connectivity index (χ0v) is 16.6. The van der Waals surface area contributed by atoms with Gasteiger partial charge in [-0.1, -0.05) is 11.6 Å². The third-order valence-electron chi connectivity index (χ3n) is 4.39. The van der Waals surface area contributed by atoms with Crippen molar-refractivity contribution in [3.8, 4) is 11.6 Å². The van der Waals surface area contributed by atoms with Gasteiger partial charge >= 0.3 is 0 Å². The van der Waals surface area contributed by atoms with Crippen LogP contribution in [0.25, 0.3) is 11.0 Å². The molecule has 0 aliphatic heterocycles. The predicted molar refractivity (Wildman–Crippen MR) is 106 cm³/mol. The van der Waals surface area contributed by atoms with E-state index in [1.165, 1.54) is 14.2 Å². The van der Waals surface area contributed by atoms with E-state index >= 15 is 0 Å². The van der Waals surface area contributed by atoms with Gasteiger partial charge < -0.3 is 14.8 Å². The van der Waals surface area contributed by atoms with Gasteiger partial charge in [-0.25, -0.2) is 9.97 Å². The van der Waals surface area contributed by atoms with Gasteiger partial charge in [-0.3, -0.25) is 4.79 Å². The van der Waals surface area contributed by atoms with E-state index in [4.69, 9.17) is 21.1 Å². The lowest BCUT2D eigenvalue weighted by Gasteiger charge is -2.13. The summed E-state index contributed by atoms with van der Waals surface area (Å²) in [5.74, 6) is 0.172. The maximum absolute atomic E-state index is 12.9. The van der Waals surface area contributed by atoms with Crippen LogP contribution < -0.4 is 14.8 Å². The average molecular weight is 386 g/mol. The standard InChI is InChI=1S/C20H20ClN3O3/c1-10-6-14-15(7-11(10)2)24-20(27-5)18(22-14)19(25)23-16-8-12(3)13(21)9-17(16)26-4/h6-9H,1-5H3,(H,23,25). The average Bonchev–Trinajstić information content (AvgIpc) is 2.64. The number of fused-ring (bicyclic) bond motifs is 1. The van der Waals surface area contributed by atoms with Crippen LogP contribution in [0.1, 0.15) is 27.2 Å². The Morgan fingerprint density at radius 1 is 0.926 bits per heavy atom. The number of methoxy groups -OCH3 is 2. The van der Waals surface area contributed by atoms with Crippen molar-refractivity contribution in [1.29, 1.82) is 0 Å². The highest BCUT2D eigenvalue weighted by Gasteiger charge is 2.20. The molecule has 0 bridgehead atoms. The SMILES string of the molecule is COc1cc(Cl)c(C)cc1NC(=O)c1nc2cc(C)c(C)cc2nc1OC. The van der Waals surface area contributed by atoms with Crippen LogP contribution >= 0.6 is 11.6 Å². The number of benzene rings is 2. The Morgan fingerprint density at radius 2 is 1.56 bits per heavy atom. The number of amides is 1. The molecule has 0 atom stereocenters. The largest absolute Gasteiger partial charge is 0.495 e. The van der Waals surface area contributed by atoms with Gasteiger partial charge in [0.15, 0.2) is 5.69 Å². The van der Waals surface area contributed by atoms with Crippen molar-refractivity contribution >= 4 is 34.2 Å². The van der Waals surface area contributed by atoms with E-state index in [0.29, 0.717) is 27.5 Å². The molecule has 3 aromatic rings. The normalized spacial score (nSPS) is 10.7. The maximum Gasteiger partial charge on any atom is 0.280 e. The second kappa shape index (κ2) is 7.40. The molecule has 3 rings (SSSR count). The van der Waals surface area contributed by atoms with Crippen LogP contribution in [0.5, 0.6) is 11.6 Å². The number of carbonyl (C=O) groups is 1. The first-order chi connectivity index (χ1) is 12.8. The van der Waals surface area contributed by atoms with E-state index in [9.17, 15) is 4.79 Å². The Labute approximate surface area is 162 Å². The van der Waals surface area contributed by atoms with Crippen LogP contribution in [0.2, 0.25) is 5.02 Å². The minimum atomic E-state index is -0.445. The molecule has 1 aromatic heterocycles. The molecule has 1 heterocycles. The van der Waals surface area contributed by atoms with Crippen molar-refractivity contribution < 1.29 is 14.3 Å². The smallest absolute Gasteiger partial charge is 0.280 e. The number of hydrogen-bond donors (Lipinski definition) is 1. The van der Waals surface area contributed by atoms with Crippen molar-refractivity contribution in [1.82, 2.24) is 9.97 Å². The van der Waals surface area contributed by atoms with Crippen LogP contribution in [0.3, 0.4) is 0 Å². The van der Waals surface area contributed by atoms with Gasteiger partial charge in [0.25, 0.3) is 5.91 Å². The monoisotopic (exact) mass is 385 g/mol. The van der Waals surface area contributed by atoms with Crippen molar-refractivity contribution in [2.75, 3.05) is 19.5 Å². The maximum atomic E-state index is 12.9. The number of ether oxygens (including phenoxy) is 2. The second-order valence-electron chi connectivity index (χ2n) is 6.26. The Balaban J connectivity index is 2.05. The highest BCUT2D eigenvalue weighted by molar-refractivity contribution is 6.31. The zero-order chi connectivity index (χ0) is 19.7. The molecule has 140 valence electrons. The van der Waals surface area contributed by atoms with Crippen LogP contribution in [0, 0.1) is 20.8 Å². The number of halogens is 1. The molecule has 0 unspecified atom stereocenters. The highest BCUT2D eigenvalue weighted by atomic mass is 35.5. The number of hydrogen-bond acceptors (Lipinski definition) is 5. The van der Waals surface area contributed by atoms with Crippen LogP contribution in [-0.2, 0) is 0 Å². The lowest BCUT2D eigenvalue weighted by atomic mass is 10.1. The van der Waals surface area contributed by atoms with Crippen LogP contribution in [0.4, 0.5) is 5.69 Å². The summed E-state index contributed by atoms with van der Waals surface area (Å²) in [7, 11) is 2.97. The van der Waals surface area contributed by atoms with E-state index < -0.39 is 5.91 Å². The Hall–Kier alpha value is -2.86. The van der Waals surface area contributed by atoms with Gasteiger partial charge in [-0.05, 0) is 55.7 Å². The predicted octanol–water partition coefficient (Wildman–Crippen LogP) is 4.48. The van der Waals surface area contributed by atoms with Gasteiger partial charge in [0, 0.05) is 11.1 Å². The van der Waals surface area contributed by atoms with E-state index in [-0.39, 0.29) is 11.6 Å². The summed E-state index contributed by atoms with van der Waals surface area (Å²) in [4.78, 5) is 21.8. The van der Waals surface area contributed by atoms with E-state index in [0.717, 1.165) is 16.7 Å². The number of aromatic nitrogens is 2. The lowest BCUT2D eigenvalue weighted by Crippen LogP contribution is -2.17. The first-order valence-corrected chi connectivity index (χ1v) is 8.70. The van der Waals surface area contributed by atoms with Crippen molar-refractivity contribution in [3.63, 3.8) is 0 Å². The molecule has 27 heavy (non-hydrogen) atoms. The Morgan fingerprint density at radius 3 is 2.15 bits per heavy atom. The molecule has 7 heteroatoms. The van der Waals surface area contributed by atoms with Crippen molar-refractivity contribution in [2.24, 2.45) is 0 Å². The minimum Gasteiger partial charge on any atom is -0.495 e. The lowest BCUT2D eigenvalue weighted by molar-refractivity contribution is 0.101. The minimum absolute atomic E-state index is 0.0999. The molecule has 6 nitrogen and oxygen atoms in total. The van der Waals surface area contributed by atoms with Gasteiger partial charge in [-0.2, -0.15) is 0 Å². The third-order valence-corrected chi connectivity index (χ3v) is 4.79. The molecule has 0 aliphatic rings. The van der Waals surface area contributed by atoms with Crippen LogP contribution in [0.15, 0.2) is 24.3 Å². The zero-order valence-electron chi connectivity index (χ0n) is 15.8. The summed E-state index contributed by atoms with van der Waals surface area (Å²) in [5.41, 5.74) is 4.88. The molecular weight excluding hydrogens is 366 g/mol. The van der Waals surface area contributed by atoms with E-state index in [1.54, 1.807) is 12.1 Å². The quantitative estimate of drug-likeness (QED) is 0.716. The summed E-state index contributed by atoms with van der Waals surface area (Å²) < 4.78 is 10.6. The number of nitrogens with one attached hydrogen (secondary N) is 1. The molecule has 0 aliphatic carbocycles. The second-order valence-corrected chi connectivity index (χ2v) is 6.67. The van der Waals surface area contributed by atoms with E-state index in [2.05, 4.69) is 15.3 Å². The summed E-state index contributed by atoms with van der Waals surface area (Å²) in [6.07, 6.45) is 0. The molecule has 0 saturated carbocycles. The molecular formula is C20H20ClN3O3. The topological polar surface area (TPSA) is 73.3 Å². The summed E-state index contributed by atoms with van der Waals surface area (Å²) in [6.45, 7) is 5.83. The molecule has 1 N–H and O–H groups in total. The number of carbonyl (C=O) groups excluding carboxylic acids is 1. The molecule has 0 saturated heterocycles. The summed E-state index contributed by atoms with van der Waals surface area (Å²) in [6, 6.07) is 7.23. The van der Waals surface area contributed by atoms with Gasteiger partial charge in [0.1, 0.15) is 5.75 Å².